The molecule has 0 aliphatic heterocycles. The number of rotatable bonds is 4. The highest BCUT2D eigenvalue weighted by Gasteiger charge is 2.13. The van der Waals surface area contributed by atoms with E-state index in [0.29, 0.717) is 28.9 Å². The Hall–Kier alpha value is -3.28. The molecule has 0 unspecified atom stereocenters. The molecule has 1 heterocycles. The van der Waals surface area contributed by atoms with Crippen LogP contribution in [0, 0.1) is 6.92 Å². The summed E-state index contributed by atoms with van der Waals surface area (Å²) in [5, 5.41) is 0.606. The fourth-order valence-corrected chi connectivity index (χ4v) is 3.02. The van der Waals surface area contributed by atoms with Crippen LogP contribution in [0.2, 0.25) is 0 Å². The van der Waals surface area contributed by atoms with Crippen molar-refractivity contribution in [1.29, 1.82) is 0 Å². The summed E-state index contributed by atoms with van der Waals surface area (Å²) >= 11 is 0. The average Bonchev–Trinajstić information content (AvgIpc) is 2.64. The standard InChI is InChI=1S/C20H20N2O4/c1-12-8-18(23)16-7-6-15(21)10-17(16)22(12)11-14-5-4-13(20(24)26-3)9-19(14)25-2/h4-10H,11,21H2,1-3H3. The predicted octanol–water partition coefficient (Wildman–Crippen LogP) is 2.74. The molecule has 0 aliphatic carbocycles. The van der Waals surface area contributed by atoms with Crippen molar-refractivity contribution in [1.82, 2.24) is 4.57 Å². The van der Waals surface area contributed by atoms with Crippen LogP contribution in [0.15, 0.2) is 47.3 Å². The van der Waals surface area contributed by atoms with Crippen LogP contribution in [0.4, 0.5) is 5.69 Å². The van der Waals surface area contributed by atoms with Crippen molar-refractivity contribution in [2.45, 2.75) is 13.5 Å². The lowest BCUT2D eigenvalue weighted by molar-refractivity contribution is 0.0600. The maximum Gasteiger partial charge on any atom is 0.337 e. The van der Waals surface area contributed by atoms with E-state index >= 15 is 0 Å². The Balaban J connectivity index is 2.13. The number of nitrogen functional groups attached to an aromatic ring is 1. The highest BCUT2D eigenvalue weighted by molar-refractivity contribution is 5.90. The zero-order chi connectivity index (χ0) is 18.8. The number of carbonyl (C=O) groups excluding carboxylic acids is 1. The summed E-state index contributed by atoms with van der Waals surface area (Å²) in [6.07, 6.45) is 0. The number of hydrogen-bond donors (Lipinski definition) is 1. The molecule has 2 N–H and O–H groups in total. The van der Waals surface area contributed by atoms with E-state index in [1.807, 2.05) is 17.6 Å². The van der Waals surface area contributed by atoms with Crippen LogP contribution in [0.25, 0.3) is 10.9 Å². The van der Waals surface area contributed by atoms with E-state index in [1.54, 1.807) is 43.5 Å². The van der Waals surface area contributed by atoms with Crippen molar-refractivity contribution in [3.63, 3.8) is 0 Å². The second kappa shape index (κ2) is 6.92. The van der Waals surface area contributed by atoms with Crippen molar-refractivity contribution in [2.75, 3.05) is 20.0 Å². The molecule has 0 spiro atoms. The molecule has 0 radical (unpaired) electrons. The lowest BCUT2D eigenvalue weighted by Gasteiger charge is -2.17. The molecule has 3 rings (SSSR count). The van der Waals surface area contributed by atoms with E-state index < -0.39 is 5.97 Å². The molecule has 1 aromatic heterocycles. The van der Waals surface area contributed by atoms with Gasteiger partial charge >= 0.3 is 5.97 Å². The fourth-order valence-electron chi connectivity index (χ4n) is 3.02. The summed E-state index contributed by atoms with van der Waals surface area (Å²) < 4.78 is 12.2. The Morgan fingerprint density at radius 2 is 1.88 bits per heavy atom. The molecule has 134 valence electrons. The van der Waals surface area contributed by atoms with Crippen LogP contribution < -0.4 is 15.9 Å². The van der Waals surface area contributed by atoms with Gasteiger partial charge in [0.25, 0.3) is 0 Å². The summed E-state index contributed by atoms with van der Waals surface area (Å²) in [4.78, 5) is 24.0. The number of hydrogen-bond acceptors (Lipinski definition) is 5. The molecule has 0 bridgehead atoms. The number of methoxy groups -OCH3 is 2. The van der Waals surface area contributed by atoms with Crippen LogP contribution in [-0.2, 0) is 11.3 Å². The van der Waals surface area contributed by atoms with Gasteiger partial charge in [-0.2, -0.15) is 0 Å². The van der Waals surface area contributed by atoms with E-state index in [9.17, 15) is 9.59 Å². The van der Waals surface area contributed by atoms with E-state index in [4.69, 9.17) is 15.2 Å². The Morgan fingerprint density at radius 1 is 1.12 bits per heavy atom. The first kappa shape index (κ1) is 17.5. The Morgan fingerprint density at radius 3 is 2.58 bits per heavy atom. The van der Waals surface area contributed by atoms with E-state index in [2.05, 4.69) is 0 Å². The van der Waals surface area contributed by atoms with Gasteiger partial charge in [-0.25, -0.2) is 4.79 Å². The van der Waals surface area contributed by atoms with Crippen LogP contribution in [0.1, 0.15) is 21.6 Å². The van der Waals surface area contributed by atoms with Gasteiger partial charge in [-0.1, -0.05) is 6.07 Å². The third-order valence-corrected chi connectivity index (χ3v) is 4.38. The van der Waals surface area contributed by atoms with Gasteiger partial charge in [0.05, 0.1) is 31.8 Å². The molecule has 0 saturated heterocycles. The molecule has 0 saturated carbocycles. The molecule has 0 amide bonds. The largest absolute Gasteiger partial charge is 0.496 e. The fraction of sp³-hybridized carbons (Fsp3) is 0.200. The molecule has 6 nitrogen and oxygen atoms in total. The highest BCUT2D eigenvalue weighted by atomic mass is 16.5. The van der Waals surface area contributed by atoms with Crippen molar-refractivity contribution >= 4 is 22.6 Å². The average molecular weight is 352 g/mol. The van der Waals surface area contributed by atoms with Gasteiger partial charge < -0.3 is 19.8 Å². The zero-order valence-corrected chi connectivity index (χ0v) is 14.9. The third-order valence-electron chi connectivity index (χ3n) is 4.38. The van der Waals surface area contributed by atoms with Gasteiger partial charge in [0, 0.05) is 28.4 Å². The molecule has 6 heteroatoms. The quantitative estimate of drug-likeness (QED) is 0.577. The van der Waals surface area contributed by atoms with Crippen LogP contribution in [0.5, 0.6) is 5.75 Å². The number of carbonyl (C=O) groups is 1. The lowest BCUT2D eigenvalue weighted by Crippen LogP contribution is -2.14. The molecule has 2 aromatic carbocycles. The number of anilines is 1. The number of aromatic nitrogens is 1. The van der Waals surface area contributed by atoms with Crippen molar-refractivity contribution in [3.05, 3.63) is 69.5 Å². The topological polar surface area (TPSA) is 83.5 Å². The zero-order valence-electron chi connectivity index (χ0n) is 14.9. The predicted molar refractivity (Wildman–Crippen MR) is 101 cm³/mol. The summed E-state index contributed by atoms with van der Waals surface area (Å²) in [6.45, 7) is 2.34. The lowest BCUT2D eigenvalue weighted by atomic mass is 10.1. The number of esters is 1. The molecular formula is C20H20N2O4. The normalized spacial score (nSPS) is 10.7. The van der Waals surface area contributed by atoms with Crippen molar-refractivity contribution in [3.8, 4) is 5.75 Å². The number of ether oxygens (including phenoxy) is 2. The summed E-state index contributed by atoms with van der Waals surface area (Å²) in [7, 11) is 2.89. The maximum absolute atomic E-state index is 12.3. The molecular weight excluding hydrogens is 332 g/mol. The SMILES string of the molecule is COC(=O)c1ccc(Cn2c(C)cc(=O)c3ccc(N)cc32)c(OC)c1. The summed E-state index contributed by atoms with van der Waals surface area (Å²) in [5.74, 6) is 0.149. The van der Waals surface area contributed by atoms with Gasteiger partial charge in [-0.05, 0) is 37.3 Å². The first-order valence-corrected chi connectivity index (χ1v) is 8.09. The number of benzene rings is 2. The minimum atomic E-state index is -0.424. The minimum absolute atomic E-state index is 0.0400. The van der Waals surface area contributed by atoms with Gasteiger partial charge in [0.1, 0.15) is 5.75 Å². The molecule has 0 fully saturated rings. The Labute approximate surface area is 150 Å². The number of nitrogens with two attached hydrogens (primary N) is 1. The maximum atomic E-state index is 12.3. The van der Waals surface area contributed by atoms with E-state index in [0.717, 1.165) is 16.8 Å². The second-order valence-corrected chi connectivity index (χ2v) is 6.03. The third kappa shape index (κ3) is 3.13. The first-order chi connectivity index (χ1) is 12.4. The Bertz CT molecular complexity index is 1050. The number of fused-ring (bicyclic) bond motifs is 1. The van der Waals surface area contributed by atoms with E-state index in [-0.39, 0.29) is 5.43 Å². The van der Waals surface area contributed by atoms with Gasteiger partial charge in [-0.15, -0.1) is 0 Å². The van der Waals surface area contributed by atoms with Crippen molar-refractivity contribution in [2.24, 2.45) is 0 Å². The number of nitrogens with zero attached hydrogens (tertiary/aromatic N) is 1. The summed E-state index contributed by atoms with van der Waals surface area (Å²) in [5.41, 5.74) is 9.32. The van der Waals surface area contributed by atoms with Crippen LogP contribution in [0.3, 0.4) is 0 Å². The second-order valence-electron chi connectivity index (χ2n) is 6.03. The smallest absolute Gasteiger partial charge is 0.337 e. The molecule has 26 heavy (non-hydrogen) atoms. The summed E-state index contributed by atoms with van der Waals surface area (Å²) in [6, 6.07) is 12.0. The Kier molecular flexibility index (Phi) is 4.67. The molecule has 0 aliphatic rings. The van der Waals surface area contributed by atoms with Gasteiger partial charge in [-0.3, -0.25) is 4.79 Å². The van der Waals surface area contributed by atoms with Crippen LogP contribution in [-0.4, -0.2) is 24.8 Å². The minimum Gasteiger partial charge on any atom is -0.496 e. The van der Waals surface area contributed by atoms with Crippen LogP contribution >= 0.6 is 0 Å². The molecule has 0 atom stereocenters. The van der Waals surface area contributed by atoms with Gasteiger partial charge in [0.15, 0.2) is 5.43 Å². The van der Waals surface area contributed by atoms with E-state index in [1.165, 1.54) is 7.11 Å². The van der Waals surface area contributed by atoms with Gasteiger partial charge in [0.2, 0.25) is 0 Å². The number of aryl methyl sites for hydroxylation is 1. The molecule has 3 aromatic rings. The highest BCUT2D eigenvalue weighted by Crippen LogP contribution is 2.24. The number of pyridine rings is 1. The van der Waals surface area contributed by atoms with Crippen molar-refractivity contribution < 1.29 is 14.3 Å². The first-order valence-electron chi connectivity index (χ1n) is 8.09. The monoisotopic (exact) mass is 352 g/mol.